The molecule has 0 bridgehead atoms. The first kappa shape index (κ1) is 31.2. The number of aromatic hydroxyl groups is 1. The molecule has 214 valence electrons. The molecule has 3 amide bonds. The van der Waals surface area contributed by atoms with Gasteiger partial charge in [0.05, 0.1) is 32.3 Å². The number of ether oxygens (including phenoxy) is 2. The van der Waals surface area contributed by atoms with Crippen LogP contribution in [0.15, 0.2) is 28.7 Å². The number of benzene rings is 1. The van der Waals surface area contributed by atoms with Crippen molar-refractivity contribution >= 4 is 24.2 Å². The Labute approximate surface area is 227 Å². The van der Waals surface area contributed by atoms with Crippen molar-refractivity contribution in [1.82, 2.24) is 15.7 Å². The van der Waals surface area contributed by atoms with Gasteiger partial charge in [0.25, 0.3) is 5.91 Å². The van der Waals surface area contributed by atoms with E-state index in [1.165, 1.54) is 31.4 Å². The van der Waals surface area contributed by atoms with Crippen LogP contribution in [-0.2, 0) is 14.3 Å². The molecule has 2 rings (SSSR count). The molecule has 0 saturated heterocycles. The number of rotatable bonds is 16. The number of hydrogen-bond acceptors (Lipinski definition) is 9. The predicted octanol–water partition coefficient (Wildman–Crippen LogP) is 3.46. The Morgan fingerprint density at radius 1 is 1.13 bits per heavy atom. The van der Waals surface area contributed by atoms with E-state index in [0.717, 1.165) is 19.3 Å². The second kappa shape index (κ2) is 15.4. The lowest BCUT2D eigenvalue weighted by molar-refractivity contribution is -0.168. The Morgan fingerprint density at radius 2 is 1.87 bits per heavy atom. The molecule has 0 fully saturated rings. The fraction of sp³-hybridized carbons (Fsp3) is 0.481. The SMILES string of the molecule is CCCCCC(C(=O)NCNC(=O)c1ccc(-c2cc(O)c(C(=O)OC)c(OCC)c2)o1)C(CC)N(O)C=O. The molecule has 4 N–H and O–H groups in total. The maximum atomic E-state index is 12.9. The number of phenols is 1. The van der Waals surface area contributed by atoms with E-state index in [0.29, 0.717) is 23.5 Å². The van der Waals surface area contributed by atoms with Crippen LogP contribution in [0.5, 0.6) is 11.5 Å². The number of furan rings is 1. The van der Waals surface area contributed by atoms with E-state index in [2.05, 4.69) is 10.6 Å². The number of hydroxylamine groups is 2. The zero-order valence-corrected chi connectivity index (χ0v) is 22.7. The highest BCUT2D eigenvalue weighted by molar-refractivity contribution is 5.97. The summed E-state index contributed by atoms with van der Waals surface area (Å²) in [5.74, 6) is -2.51. The average molecular weight is 548 g/mol. The highest BCUT2D eigenvalue weighted by atomic mass is 16.5. The van der Waals surface area contributed by atoms with Crippen LogP contribution in [0.25, 0.3) is 11.3 Å². The Kier molecular flexibility index (Phi) is 12.3. The third-order valence-corrected chi connectivity index (χ3v) is 6.18. The van der Waals surface area contributed by atoms with Crippen molar-refractivity contribution in [2.24, 2.45) is 5.92 Å². The van der Waals surface area contributed by atoms with Gasteiger partial charge in [0.1, 0.15) is 22.8 Å². The average Bonchev–Trinajstić information content (AvgIpc) is 3.42. The van der Waals surface area contributed by atoms with Gasteiger partial charge in [-0.3, -0.25) is 19.6 Å². The molecule has 2 atom stereocenters. The smallest absolute Gasteiger partial charge is 0.345 e. The van der Waals surface area contributed by atoms with Crippen molar-refractivity contribution in [2.75, 3.05) is 20.4 Å². The standard InChI is InChI=1S/C27H37N3O9/c1-5-8-9-10-18(19(6-2)30(36)16-31)25(33)28-15-29-26(34)22-12-11-21(39-22)17-13-20(32)24(27(35)37-4)23(14-17)38-7-3/h11-14,16,18-19,32,36H,5-10,15H2,1-4H3,(H,28,33)(H,29,34). The van der Waals surface area contributed by atoms with E-state index < -0.39 is 29.7 Å². The largest absolute Gasteiger partial charge is 0.507 e. The molecule has 39 heavy (non-hydrogen) atoms. The minimum atomic E-state index is -0.764. The number of carbonyl (C=O) groups is 4. The van der Waals surface area contributed by atoms with Gasteiger partial charge in [0.2, 0.25) is 12.3 Å². The molecule has 2 aromatic rings. The Bertz CT molecular complexity index is 1130. The normalized spacial score (nSPS) is 12.2. The topological polar surface area (TPSA) is 168 Å². The van der Waals surface area contributed by atoms with Crippen LogP contribution in [0.3, 0.4) is 0 Å². The number of hydrogen-bond donors (Lipinski definition) is 4. The van der Waals surface area contributed by atoms with E-state index in [1.54, 1.807) is 13.8 Å². The number of unbranched alkanes of at least 4 members (excludes halogenated alkanes) is 2. The molecule has 12 heteroatoms. The number of nitrogens with one attached hydrogen (secondary N) is 2. The summed E-state index contributed by atoms with van der Waals surface area (Å²) in [6.07, 6.45) is 3.74. The molecule has 1 aromatic carbocycles. The van der Waals surface area contributed by atoms with E-state index >= 15 is 0 Å². The number of methoxy groups -OCH3 is 1. The molecule has 0 radical (unpaired) electrons. The molecule has 0 aliphatic carbocycles. The zero-order chi connectivity index (χ0) is 28.9. The second-order valence-electron chi connectivity index (χ2n) is 8.74. The van der Waals surface area contributed by atoms with E-state index in [1.807, 2.05) is 6.92 Å². The molecule has 1 aromatic heterocycles. The molecule has 0 aliphatic rings. The minimum absolute atomic E-state index is 0.0536. The van der Waals surface area contributed by atoms with Gasteiger partial charge in [-0.05, 0) is 44.0 Å². The lowest BCUT2D eigenvalue weighted by Gasteiger charge is -2.29. The monoisotopic (exact) mass is 547 g/mol. The van der Waals surface area contributed by atoms with Crippen LogP contribution in [0.2, 0.25) is 0 Å². The lowest BCUT2D eigenvalue weighted by atomic mass is 9.90. The molecule has 0 aliphatic heterocycles. The highest BCUT2D eigenvalue weighted by Crippen LogP contribution is 2.35. The van der Waals surface area contributed by atoms with Crippen molar-refractivity contribution in [3.8, 4) is 22.8 Å². The van der Waals surface area contributed by atoms with E-state index in [9.17, 15) is 29.5 Å². The second-order valence-corrected chi connectivity index (χ2v) is 8.74. The minimum Gasteiger partial charge on any atom is -0.507 e. The molecule has 2 unspecified atom stereocenters. The van der Waals surface area contributed by atoms with Crippen LogP contribution in [-0.4, -0.2) is 66.0 Å². The first-order valence-corrected chi connectivity index (χ1v) is 12.9. The first-order chi connectivity index (χ1) is 18.7. The van der Waals surface area contributed by atoms with Crippen molar-refractivity contribution in [3.05, 3.63) is 35.6 Å². The fourth-order valence-electron chi connectivity index (χ4n) is 4.21. The molecular formula is C27H37N3O9. The van der Waals surface area contributed by atoms with Gasteiger partial charge in [-0.2, -0.15) is 0 Å². The summed E-state index contributed by atoms with van der Waals surface area (Å²) >= 11 is 0. The van der Waals surface area contributed by atoms with Crippen molar-refractivity contribution in [3.63, 3.8) is 0 Å². The van der Waals surface area contributed by atoms with Gasteiger partial charge in [-0.15, -0.1) is 0 Å². The lowest BCUT2D eigenvalue weighted by Crippen LogP contribution is -2.47. The Morgan fingerprint density at radius 3 is 2.49 bits per heavy atom. The van der Waals surface area contributed by atoms with Crippen LogP contribution < -0.4 is 15.4 Å². The van der Waals surface area contributed by atoms with Gasteiger partial charge in [0.15, 0.2) is 5.76 Å². The van der Waals surface area contributed by atoms with E-state index in [-0.39, 0.29) is 48.3 Å². The molecule has 12 nitrogen and oxygen atoms in total. The van der Waals surface area contributed by atoms with Gasteiger partial charge in [-0.25, -0.2) is 9.86 Å². The van der Waals surface area contributed by atoms with Crippen molar-refractivity contribution < 1.29 is 43.4 Å². The number of amides is 3. The van der Waals surface area contributed by atoms with Gasteiger partial charge in [-0.1, -0.05) is 33.1 Å². The number of nitrogens with zero attached hydrogens (tertiary/aromatic N) is 1. The molecular weight excluding hydrogens is 510 g/mol. The van der Waals surface area contributed by atoms with Crippen LogP contribution in [0.4, 0.5) is 0 Å². The third kappa shape index (κ3) is 8.21. The van der Waals surface area contributed by atoms with E-state index in [4.69, 9.17) is 13.9 Å². The van der Waals surface area contributed by atoms with Gasteiger partial charge < -0.3 is 29.6 Å². The fourth-order valence-corrected chi connectivity index (χ4v) is 4.21. The molecule has 1 heterocycles. The molecule has 0 saturated carbocycles. The molecule has 0 spiro atoms. The number of carbonyl (C=O) groups excluding carboxylic acids is 4. The quantitative estimate of drug-likeness (QED) is 0.0614. The summed E-state index contributed by atoms with van der Waals surface area (Å²) in [6.45, 7) is 5.55. The van der Waals surface area contributed by atoms with Crippen LogP contribution in [0, 0.1) is 5.92 Å². The third-order valence-electron chi connectivity index (χ3n) is 6.18. The summed E-state index contributed by atoms with van der Waals surface area (Å²) in [7, 11) is 1.19. The summed E-state index contributed by atoms with van der Waals surface area (Å²) < 4.78 is 15.8. The maximum absolute atomic E-state index is 12.9. The summed E-state index contributed by atoms with van der Waals surface area (Å²) in [5.41, 5.74) is 0.236. The van der Waals surface area contributed by atoms with Crippen LogP contribution in [0.1, 0.15) is 73.8 Å². The van der Waals surface area contributed by atoms with Crippen LogP contribution >= 0.6 is 0 Å². The Balaban J connectivity index is 2.09. The van der Waals surface area contributed by atoms with Gasteiger partial charge >= 0.3 is 5.97 Å². The van der Waals surface area contributed by atoms with Crippen molar-refractivity contribution in [2.45, 2.75) is 58.9 Å². The summed E-state index contributed by atoms with van der Waals surface area (Å²) in [4.78, 5) is 48.6. The summed E-state index contributed by atoms with van der Waals surface area (Å²) in [6, 6.07) is 5.03. The number of phenolic OH excluding ortho intramolecular Hbond substituents is 1. The van der Waals surface area contributed by atoms with Crippen molar-refractivity contribution in [1.29, 1.82) is 0 Å². The predicted molar refractivity (Wildman–Crippen MR) is 140 cm³/mol. The highest BCUT2D eigenvalue weighted by Gasteiger charge is 2.30. The first-order valence-electron chi connectivity index (χ1n) is 12.9. The number of esters is 1. The Hall–Kier alpha value is -4.06. The maximum Gasteiger partial charge on any atom is 0.345 e. The van der Waals surface area contributed by atoms with Gasteiger partial charge in [0, 0.05) is 5.56 Å². The summed E-state index contributed by atoms with van der Waals surface area (Å²) in [5, 5.41) is 26.0. The zero-order valence-electron chi connectivity index (χ0n) is 22.7.